The SMILES string of the molecule is CCCN(CC[C@@H](Cc1ccccc1)NC(=O)OC(C)(C)C)C[C@H]1O[C@@H](n2cnc3c(N)ncnc32)C2OC(C)(C)O[C@@H]21.O=C=O. The van der Waals surface area contributed by atoms with Crippen molar-refractivity contribution in [2.45, 2.75) is 103 Å². The quantitative estimate of drug-likeness (QED) is 0.313. The smallest absolute Gasteiger partial charge is 0.407 e. The van der Waals surface area contributed by atoms with Gasteiger partial charge in [0.05, 0.1) is 6.33 Å². The molecule has 3 aromatic rings. The Morgan fingerprint density at radius 2 is 1.83 bits per heavy atom. The van der Waals surface area contributed by atoms with Crippen molar-refractivity contribution < 1.29 is 33.3 Å². The molecule has 0 radical (unpaired) electrons. The predicted molar refractivity (Wildman–Crippen MR) is 167 cm³/mol. The van der Waals surface area contributed by atoms with Crippen LogP contribution in [0.5, 0.6) is 0 Å². The molecule has 5 atom stereocenters. The number of carbonyl (C=O) groups is 1. The van der Waals surface area contributed by atoms with E-state index >= 15 is 0 Å². The molecule has 2 aliphatic rings. The monoisotopic (exact) mass is 639 g/mol. The largest absolute Gasteiger partial charge is 0.444 e. The molecule has 2 fully saturated rings. The summed E-state index contributed by atoms with van der Waals surface area (Å²) in [4.78, 5) is 44.3. The van der Waals surface area contributed by atoms with E-state index in [1.807, 2.05) is 57.4 Å². The Kier molecular flexibility index (Phi) is 11.5. The molecule has 2 aromatic heterocycles. The van der Waals surface area contributed by atoms with Crippen LogP contribution in [0, 0.1) is 0 Å². The Balaban J connectivity index is 0.00000154. The minimum Gasteiger partial charge on any atom is -0.444 e. The number of nitrogen functional groups attached to an aromatic ring is 1. The van der Waals surface area contributed by atoms with Gasteiger partial charge in [-0.05, 0) is 66.0 Å². The number of amides is 1. The summed E-state index contributed by atoms with van der Waals surface area (Å²) in [6.07, 6.45) is 3.98. The molecule has 0 aliphatic carbocycles. The molecule has 4 heterocycles. The normalized spacial score (nSPS) is 22.5. The Hall–Kier alpha value is -3.94. The third kappa shape index (κ3) is 9.08. The molecule has 46 heavy (non-hydrogen) atoms. The van der Waals surface area contributed by atoms with E-state index in [4.69, 9.17) is 34.3 Å². The van der Waals surface area contributed by atoms with Gasteiger partial charge in [-0.3, -0.25) is 4.57 Å². The molecule has 0 spiro atoms. The number of nitrogens with two attached hydrogens (primary N) is 1. The summed E-state index contributed by atoms with van der Waals surface area (Å²) in [5.74, 6) is -0.439. The fraction of sp³-hybridized carbons (Fsp3) is 0.594. The molecule has 3 N–H and O–H groups in total. The second-order valence-electron chi connectivity index (χ2n) is 12.9. The van der Waals surface area contributed by atoms with E-state index in [0.717, 1.165) is 31.5 Å². The molecule has 14 heteroatoms. The van der Waals surface area contributed by atoms with Crippen molar-refractivity contribution in [3.05, 3.63) is 48.5 Å². The van der Waals surface area contributed by atoms with Crippen LogP contribution in [0.3, 0.4) is 0 Å². The van der Waals surface area contributed by atoms with Gasteiger partial charge in [-0.2, -0.15) is 9.59 Å². The average molecular weight is 640 g/mol. The molecule has 0 bridgehead atoms. The van der Waals surface area contributed by atoms with E-state index in [0.29, 0.717) is 29.9 Å². The first-order chi connectivity index (χ1) is 21.8. The molecule has 2 saturated heterocycles. The third-order valence-electron chi connectivity index (χ3n) is 7.60. The predicted octanol–water partition coefficient (Wildman–Crippen LogP) is 3.48. The van der Waals surface area contributed by atoms with E-state index in [9.17, 15) is 4.79 Å². The number of fused-ring (bicyclic) bond motifs is 2. The first-order valence-electron chi connectivity index (χ1n) is 15.5. The molecule has 2 aliphatic heterocycles. The highest BCUT2D eigenvalue weighted by molar-refractivity contribution is 5.81. The van der Waals surface area contributed by atoms with E-state index in [2.05, 4.69) is 44.2 Å². The van der Waals surface area contributed by atoms with Crippen molar-refractivity contribution in [1.29, 1.82) is 0 Å². The van der Waals surface area contributed by atoms with Gasteiger partial charge >= 0.3 is 12.2 Å². The zero-order valence-electron chi connectivity index (χ0n) is 27.3. The van der Waals surface area contributed by atoms with Gasteiger partial charge < -0.3 is 34.9 Å². The van der Waals surface area contributed by atoms with Gasteiger partial charge in [0.2, 0.25) is 0 Å². The average Bonchev–Trinajstić information content (AvgIpc) is 3.63. The minimum absolute atomic E-state index is 0.103. The lowest BCUT2D eigenvalue weighted by atomic mass is 10.0. The number of hydrogen-bond acceptors (Lipinski definition) is 12. The molecule has 1 amide bonds. The lowest BCUT2D eigenvalue weighted by Gasteiger charge is -2.30. The van der Waals surface area contributed by atoms with Crippen LogP contribution in [-0.2, 0) is 35.0 Å². The fourth-order valence-corrected chi connectivity index (χ4v) is 5.89. The summed E-state index contributed by atoms with van der Waals surface area (Å²) < 4.78 is 26.8. The number of rotatable bonds is 11. The maximum absolute atomic E-state index is 12.7. The lowest BCUT2D eigenvalue weighted by molar-refractivity contribution is -0.198. The number of ether oxygens (including phenoxy) is 4. The summed E-state index contributed by atoms with van der Waals surface area (Å²) >= 11 is 0. The van der Waals surface area contributed by atoms with Crippen LogP contribution in [-0.4, -0.2) is 92.0 Å². The number of alkyl carbamates (subject to hydrolysis) is 1. The van der Waals surface area contributed by atoms with Crippen molar-refractivity contribution in [2.24, 2.45) is 0 Å². The molecule has 14 nitrogen and oxygen atoms in total. The standard InChI is InChI=1S/C31H45N7O5.CO2/c1-7-14-37(15-13-21(16-20-11-9-8-10-12-20)36-29(39)43-30(2,3)4)17-22-24-25(42-31(5,6)41-24)28(40-22)38-19-35-23-26(32)33-18-34-27(23)38;2-1-3/h8-12,18-19,21-22,24-25,28H,7,13-17H2,1-6H3,(H,36,39)(H2,32,33,34);/t21-,22+,24+,25?,28+;/m0./s1. The van der Waals surface area contributed by atoms with Crippen molar-refractivity contribution in [3.8, 4) is 0 Å². The number of nitrogens with one attached hydrogen (secondary N) is 1. The lowest BCUT2D eigenvalue weighted by Crippen LogP contribution is -2.44. The molecule has 1 unspecified atom stereocenters. The topological polar surface area (TPSA) is 173 Å². The van der Waals surface area contributed by atoms with Crippen LogP contribution in [0.25, 0.3) is 11.2 Å². The van der Waals surface area contributed by atoms with Gasteiger partial charge in [0.1, 0.15) is 35.8 Å². The van der Waals surface area contributed by atoms with Crippen LogP contribution in [0.1, 0.15) is 66.2 Å². The number of imidazole rings is 1. The minimum atomic E-state index is -0.756. The van der Waals surface area contributed by atoms with Crippen molar-refractivity contribution in [2.75, 3.05) is 25.4 Å². The van der Waals surface area contributed by atoms with Crippen LogP contribution in [0.2, 0.25) is 0 Å². The second-order valence-corrected chi connectivity index (χ2v) is 12.9. The van der Waals surface area contributed by atoms with Crippen LogP contribution >= 0.6 is 0 Å². The summed E-state index contributed by atoms with van der Waals surface area (Å²) in [6, 6.07) is 10.1. The first-order valence-corrected chi connectivity index (χ1v) is 15.5. The highest BCUT2D eigenvalue weighted by Crippen LogP contribution is 2.44. The molecule has 250 valence electrons. The highest BCUT2D eigenvalue weighted by atomic mass is 16.8. The molecule has 1 aromatic carbocycles. The highest BCUT2D eigenvalue weighted by Gasteiger charge is 2.56. The number of carbonyl (C=O) groups excluding carboxylic acids is 3. The number of hydrogen-bond donors (Lipinski definition) is 2. The van der Waals surface area contributed by atoms with Gasteiger partial charge in [0.25, 0.3) is 0 Å². The van der Waals surface area contributed by atoms with Crippen LogP contribution in [0.15, 0.2) is 43.0 Å². The van der Waals surface area contributed by atoms with E-state index < -0.39 is 23.7 Å². The maximum atomic E-state index is 12.7. The Morgan fingerprint density at radius 1 is 1.13 bits per heavy atom. The number of aromatic nitrogens is 4. The molecule has 0 saturated carbocycles. The van der Waals surface area contributed by atoms with Crippen LogP contribution in [0.4, 0.5) is 10.6 Å². The molecular formula is C32H45N7O7. The number of nitrogens with zero attached hydrogens (tertiary/aromatic N) is 5. The van der Waals surface area contributed by atoms with Gasteiger partial charge in [0.15, 0.2) is 23.5 Å². The summed E-state index contributed by atoms with van der Waals surface area (Å²) in [6.45, 7) is 13.9. The van der Waals surface area contributed by atoms with Crippen molar-refractivity contribution >= 4 is 29.2 Å². The zero-order chi connectivity index (χ0) is 33.5. The van der Waals surface area contributed by atoms with E-state index in [1.54, 1.807) is 6.33 Å². The van der Waals surface area contributed by atoms with Gasteiger partial charge in [-0.1, -0.05) is 37.3 Å². The second kappa shape index (κ2) is 15.1. The van der Waals surface area contributed by atoms with E-state index in [1.165, 1.54) is 6.33 Å². The summed E-state index contributed by atoms with van der Waals surface area (Å²) in [7, 11) is 0. The van der Waals surface area contributed by atoms with Crippen molar-refractivity contribution in [3.63, 3.8) is 0 Å². The first kappa shape index (κ1) is 34.9. The maximum Gasteiger partial charge on any atom is 0.407 e. The van der Waals surface area contributed by atoms with E-state index in [-0.39, 0.29) is 30.5 Å². The summed E-state index contributed by atoms with van der Waals surface area (Å²) in [5, 5.41) is 3.11. The zero-order valence-corrected chi connectivity index (χ0v) is 27.3. The van der Waals surface area contributed by atoms with Gasteiger partial charge in [-0.15, -0.1) is 0 Å². The Bertz CT molecular complexity index is 1470. The summed E-state index contributed by atoms with van der Waals surface area (Å²) in [5.41, 5.74) is 7.75. The van der Waals surface area contributed by atoms with Gasteiger partial charge in [-0.25, -0.2) is 19.7 Å². The van der Waals surface area contributed by atoms with Crippen LogP contribution < -0.4 is 11.1 Å². The molecule has 5 rings (SSSR count). The van der Waals surface area contributed by atoms with Crippen molar-refractivity contribution in [1.82, 2.24) is 29.7 Å². The fourth-order valence-electron chi connectivity index (χ4n) is 5.89. The molecular weight excluding hydrogens is 594 g/mol. The third-order valence-corrected chi connectivity index (χ3v) is 7.60. The Morgan fingerprint density at radius 3 is 2.50 bits per heavy atom. The number of anilines is 1. The number of benzene rings is 1. The van der Waals surface area contributed by atoms with Gasteiger partial charge in [0, 0.05) is 19.1 Å². The Labute approximate surface area is 268 Å².